The number of aromatic nitrogens is 1. The van der Waals surface area contributed by atoms with Crippen molar-refractivity contribution in [2.75, 3.05) is 20.6 Å². The summed E-state index contributed by atoms with van der Waals surface area (Å²) >= 11 is 5.96. The van der Waals surface area contributed by atoms with Gasteiger partial charge < -0.3 is 10.2 Å². The first-order chi connectivity index (χ1) is 13.4. The molecule has 3 aromatic rings. The summed E-state index contributed by atoms with van der Waals surface area (Å²) in [5.74, 6) is -0.333. The third kappa shape index (κ3) is 4.27. The average Bonchev–Trinajstić information content (AvgIpc) is 2.68. The lowest BCUT2D eigenvalue weighted by molar-refractivity contribution is -0.384. The van der Waals surface area contributed by atoms with E-state index in [9.17, 15) is 14.9 Å². The highest BCUT2D eigenvalue weighted by Gasteiger charge is 2.18. The number of hydrogen-bond donors (Lipinski definition) is 1. The van der Waals surface area contributed by atoms with E-state index in [4.69, 9.17) is 11.6 Å². The van der Waals surface area contributed by atoms with Crippen LogP contribution in [0, 0.1) is 10.1 Å². The number of halogens is 1. The fraction of sp³-hybridized carbons (Fsp3) is 0.200. The molecule has 0 aliphatic heterocycles. The molecule has 3 rings (SSSR count). The second-order valence-corrected chi connectivity index (χ2v) is 7.00. The lowest BCUT2D eigenvalue weighted by atomic mass is 10.1. The van der Waals surface area contributed by atoms with Crippen LogP contribution in [0.2, 0.25) is 5.02 Å². The summed E-state index contributed by atoms with van der Waals surface area (Å²) in [7, 11) is 3.86. The number of likely N-dealkylation sites (N-methyl/N-ethyl adjacent to an activating group) is 1. The Hall–Kier alpha value is -3.03. The molecule has 0 fully saturated rings. The monoisotopic (exact) mass is 398 g/mol. The Morgan fingerprint density at radius 3 is 2.57 bits per heavy atom. The Bertz CT molecular complexity index is 1020. The minimum Gasteiger partial charge on any atom is -0.349 e. The van der Waals surface area contributed by atoms with E-state index in [1.54, 1.807) is 12.1 Å². The summed E-state index contributed by atoms with van der Waals surface area (Å²) in [5.41, 5.74) is 1.23. The highest BCUT2D eigenvalue weighted by Crippen LogP contribution is 2.23. The lowest BCUT2D eigenvalue weighted by Crippen LogP contribution is -2.35. The minimum atomic E-state index is -0.465. The van der Waals surface area contributed by atoms with Gasteiger partial charge in [0.2, 0.25) is 0 Å². The first kappa shape index (κ1) is 19.7. The van der Waals surface area contributed by atoms with E-state index in [0.29, 0.717) is 22.3 Å². The molecule has 0 saturated heterocycles. The molecule has 1 N–H and O–H groups in total. The number of carbonyl (C=O) groups excluding carboxylic acids is 1. The highest BCUT2D eigenvalue weighted by molar-refractivity contribution is 6.30. The van der Waals surface area contributed by atoms with Crippen LogP contribution in [0.25, 0.3) is 10.8 Å². The molecule has 0 spiro atoms. The zero-order valence-corrected chi connectivity index (χ0v) is 16.2. The van der Waals surface area contributed by atoms with Crippen molar-refractivity contribution in [3.05, 3.63) is 81.1 Å². The largest absolute Gasteiger partial charge is 0.349 e. The van der Waals surface area contributed by atoms with E-state index in [0.717, 1.165) is 5.56 Å². The SMILES string of the molecule is CN(C)C(CNC(=O)c1nccc2cc([N+](=O)[O-])ccc12)c1ccc(Cl)cc1. The van der Waals surface area contributed by atoms with Crippen LogP contribution in [-0.4, -0.2) is 41.4 Å². The van der Waals surface area contributed by atoms with Crippen molar-refractivity contribution in [2.45, 2.75) is 6.04 Å². The summed E-state index contributed by atoms with van der Waals surface area (Å²) in [6, 6.07) is 13.4. The molecule has 1 unspecified atom stereocenters. The first-order valence-corrected chi connectivity index (χ1v) is 8.98. The highest BCUT2D eigenvalue weighted by atomic mass is 35.5. The zero-order valence-electron chi connectivity index (χ0n) is 15.4. The standard InChI is InChI=1S/C20H19ClN4O3/c1-24(2)18(13-3-5-15(21)6-4-13)12-23-20(26)19-17-8-7-16(25(27)28)11-14(17)9-10-22-19/h3-11,18H,12H2,1-2H3,(H,23,26). The van der Waals surface area contributed by atoms with Crippen molar-refractivity contribution >= 4 is 34.0 Å². The second-order valence-electron chi connectivity index (χ2n) is 6.56. The van der Waals surface area contributed by atoms with Crippen molar-refractivity contribution in [1.29, 1.82) is 0 Å². The zero-order chi connectivity index (χ0) is 20.3. The normalized spacial score (nSPS) is 12.1. The number of rotatable bonds is 6. The molecule has 0 radical (unpaired) electrons. The third-order valence-corrected chi connectivity index (χ3v) is 4.76. The molecule has 8 heteroatoms. The fourth-order valence-corrected chi connectivity index (χ4v) is 3.14. The number of nitro benzene ring substituents is 1. The van der Waals surface area contributed by atoms with E-state index in [1.165, 1.54) is 18.3 Å². The Labute approximate surface area is 167 Å². The van der Waals surface area contributed by atoms with Crippen LogP contribution in [0.4, 0.5) is 5.69 Å². The summed E-state index contributed by atoms with van der Waals surface area (Å²) in [6.07, 6.45) is 1.48. The van der Waals surface area contributed by atoms with E-state index in [2.05, 4.69) is 10.3 Å². The predicted molar refractivity (Wildman–Crippen MR) is 109 cm³/mol. The van der Waals surface area contributed by atoms with Crippen molar-refractivity contribution in [2.24, 2.45) is 0 Å². The van der Waals surface area contributed by atoms with Crippen molar-refractivity contribution < 1.29 is 9.72 Å². The summed E-state index contributed by atoms with van der Waals surface area (Å²) < 4.78 is 0. The van der Waals surface area contributed by atoms with Crippen LogP contribution in [0.3, 0.4) is 0 Å². The average molecular weight is 399 g/mol. The van der Waals surface area contributed by atoms with Crippen LogP contribution >= 0.6 is 11.6 Å². The molecule has 2 aromatic carbocycles. The number of hydrogen-bond acceptors (Lipinski definition) is 5. The molecule has 0 bridgehead atoms. The van der Waals surface area contributed by atoms with Gasteiger partial charge in [0, 0.05) is 35.3 Å². The number of nitro groups is 1. The molecule has 0 saturated carbocycles. The molecule has 7 nitrogen and oxygen atoms in total. The number of non-ortho nitro benzene ring substituents is 1. The van der Waals surface area contributed by atoms with Gasteiger partial charge in [0.25, 0.3) is 11.6 Å². The lowest BCUT2D eigenvalue weighted by Gasteiger charge is -2.25. The number of benzene rings is 2. The van der Waals surface area contributed by atoms with E-state index < -0.39 is 4.92 Å². The quantitative estimate of drug-likeness (QED) is 0.503. The fourth-order valence-electron chi connectivity index (χ4n) is 3.02. The van der Waals surface area contributed by atoms with Gasteiger partial charge in [0.15, 0.2) is 0 Å². The van der Waals surface area contributed by atoms with Gasteiger partial charge in [-0.3, -0.25) is 19.9 Å². The van der Waals surface area contributed by atoms with E-state index >= 15 is 0 Å². The van der Waals surface area contributed by atoms with Crippen LogP contribution in [-0.2, 0) is 0 Å². The van der Waals surface area contributed by atoms with Crippen LogP contribution in [0.15, 0.2) is 54.7 Å². The third-order valence-electron chi connectivity index (χ3n) is 4.51. The molecular weight excluding hydrogens is 380 g/mol. The summed E-state index contributed by atoms with van der Waals surface area (Å²) in [6.45, 7) is 0.374. The Balaban J connectivity index is 1.82. The van der Waals surface area contributed by atoms with Crippen LogP contribution < -0.4 is 5.32 Å². The van der Waals surface area contributed by atoms with E-state index in [-0.39, 0.29) is 23.3 Å². The topological polar surface area (TPSA) is 88.4 Å². The molecule has 1 atom stereocenters. The number of nitrogens with zero attached hydrogens (tertiary/aromatic N) is 3. The van der Waals surface area contributed by atoms with E-state index in [1.807, 2.05) is 43.3 Å². The number of pyridine rings is 1. The van der Waals surface area contributed by atoms with Crippen LogP contribution in [0.5, 0.6) is 0 Å². The van der Waals surface area contributed by atoms with Gasteiger partial charge in [-0.1, -0.05) is 23.7 Å². The van der Waals surface area contributed by atoms with Crippen molar-refractivity contribution in [3.8, 4) is 0 Å². The maximum atomic E-state index is 12.7. The molecule has 0 aliphatic rings. The Kier molecular flexibility index (Phi) is 5.87. The number of amides is 1. The summed E-state index contributed by atoms with van der Waals surface area (Å²) in [4.78, 5) is 29.4. The first-order valence-electron chi connectivity index (χ1n) is 8.60. The number of carbonyl (C=O) groups is 1. The van der Waals surface area contributed by atoms with Gasteiger partial charge in [-0.15, -0.1) is 0 Å². The Morgan fingerprint density at radius 2 is 1.93 bits per heavy atom. The molecule has 28 heavy (non-hydrogen) atoms. The van der Waals surface area contributed by atoms with Gasteiger partial charge >= 0.3 is 0 Å². The molecule has 144 valence electrons. The van der Waals surface area contributed by atoms with Gasteiger partial charge in [0.05, 0.1) is 11.0 Å². The van der Waals surface area contributed by atoms with Gasteiger partial charge in [0.1, 0.15) is 5.69 Å². The smallest absolute Gasteiger partial charge is 0.270 e. The van der Waals surface area contributed by atoms with Gasteiger partial charge in [-0.2, -0.15) is 0 Å². The number of fused-ring (bicyclic) bond motifs is 1. The predicted octanol–water partition coefficient (Wildman–Crippen LogP) is 3.83. The molecule has 1 heterocycles. The number of nitrogens with one attached hydrogen (secondary N) is 1. The van der Waals surface area contributed by atoms with Gasteiger partial charge in [-0.05, 0) is 49.3 Å². The van der Waals surface area contributed by atoms with Crippen molar-refractivity contribution in [3.63, 3.8) is 0 Å². The maximum Gasteiger partial charge on any atom is 0.270 e. The molecule has 0 aliphatic carbocycles. The molecule has 1 aromatic heterocycles. The Morgan fingerprint density at radius 1 is 1.21 bits per heavy atom. The maximum absolute atomic E-state index is 12.7. The minimum absolute atomic E-state index is 0.0273. The summed E-state index contributed by atoms with van der Waals surface area (Å²) in [5, 5.41) is 15.7. The van der Waals surface area contributed by atoms with Gasteiger partial charge in [-0.25, -0.2) is 0 Å². The molecular formula is C20H19ClN4O3. The van der Waals surface area contributed by atoms with Crippen molar-refractivity contribution in [1.82, 2.24) is 15.2 Å². The molecule has 1 amide bonds. The van der Waals surface area contributed by atoms with Crippen LogP contribution in [0.1, 0.15) is 22.1 Å². The second kappa shape index (κ2) is 8.33.